The summed E-state index contributed by atoms with van der Waals surface area (Å²) in [4.78, 5) is 5.06. The van der Waals surface area contributed by atoms with Crippen LogP contribution < -0.4 is 4.80 Å². The quantitative estimate of drug-likeness (QED) is 0.598. The van der Waals surface area contributed by atoms with Crippen LogP contribution in [0.15, 0.2) is 64.0 Å². The van der Waals surface area contributed by atoms with E-state index in [0.29, 0.717) is 5.92 Å². The maximum absolute atomic E-state index is 13.2. The fourth-order valence-electron chi connectivity index (χ4n) is 2.47. The molecule has 5 heteroatoms. The highest BCUT2D eigenvalue weighted by atomic mass is 32.1. The van der Waals surface area contributed by atoms with Gasteiger partial charge in [0.05, 0.1) is 11.9 Å². The zero-order valence-electron chi connectivity index (χ0n) is 14.5. The van der Waals surface area contributed by atoms with Gasteiger partial charge in [-0.3, -0.25) is 4.99 Å². The van der Waals surface area contributed by atoms with E-state index in [2.05, 4.69) is 48.2 Å². The third-order valence-corrected chi connectivity index (χ3v) is 4.85. The zero-order chi connectivity index (χ0) is 17.8. The number of halogens is 1. The molecular weight excluding hydrogens is 333 g/mol. The van der Waals surface area contributed by atoms with Crippen LogP contribution in [0, 0.1) is 5.82 Å². The van der Waals surface area contributed by atoms with Gasteiger partial charge in [0.15, 0.2) is 0 Å². The first kappa shape index (κ1) is 17.3. The number of thiazole rings is 1. The Kier molecular flexibility index (Phi) is 5.24. The van der Waals surface area contributed by atoms with Crippen LogP contribution >= 0.6 is 11.3 Å². The summed E-state index contributed by atoms with van der Waals surface area (Å²) in [5.41, 5.74) is 4.12. The normalized spacial score (nSPS) is 12.4. The first-order valence-corrected chi connectivity index (χ1v) is 9.00. The molecular formula is C20H20FN3S. The summed E-state index contributed by atoms with van der Waals surface area (Å²) < 4.78 is 15.0. The lowest BCUT2D eigenvalue weighted by atomic mass is 10.0. The van der Waals surface area contributed by atoms with Crippen LogP contribution in [-0.2, 0) is 0 Å². The number of aromatic nitrogens is 1. The molecule has 0 radical (unpaired) electrons. The molecule has 1 aromatic heterocycles. The Hall–Kier alpha value is -2.53. The average molecular weight is 353 g/mol. The summed E-state index contributed by atoms with van der Waals surface area (Å²) in [6, 6.07) is 14.8. The Morgan fingerprint density at radius 3 is 2.32 bits per heavy atom. The topological polar surface area (TPSA) is 29.6 Å². The van der Waals surface area contributed by atoms with Crippen LogP contribution in [0.5, 0.6) is 0 Å². The van der Waals surface area contributed by atoms with Crippen molar-refractivity contribution in [3.8, 4) is 11.3 Å². The van der Waals surface area contributed by atoms with Gasteiger partial charge in [-0.1, -0.05) is 38.1 Å². The monoisotopic (exact) mass is 353 g/mol. The Labute approximate surface area is 150 Å². The molecule has 0 fully saturated rings. The summed E-state index contributed by atoms with van der Waals surface area (Å²) in [6.07, 6.45) is 1.82. The Morgan fingerprint density at radius 1 is 1.04 bits per heavy atom. The van der Waals surface area contributed by atoms with Crippen molar-refractivity contribution in [3.05, 3.63) is 75.7 Å². The molecule has 0 atom stereocenters. The molecule has 0 bridgehead atoms. The van der Waals surface area contributed by atoms with Crippen molar-refractivity contribution in [2.75, 3.05) is 7.05 Å². The molecule has 0 saturated carbocycles. The van der Waals surface area contributed by atoms with Crippen LogP contribution in [0.1, 0.15) is 30.9 Å². The summed E-state index contributed by atoms with van der Waals surface area (Å²) in [5, 5.41) is 6.58. The lowest BCUT2D eigenvalue weighted by Crippen LogP contribution is -2.11. The first-order chi connectivity index (χ1) is 12.1. The van der Waals surface area contributed by atoms with Crippen LogP contribution in [0.4, 0.5) is 4.39 Å². The van der Waals surface area contributed by atoms with Gasteiger partial charge in [-0.25, -0.2) is 9.07 Å². The molecule has 128 valence electrons. The Morgan fingerprint density at radius 2 is 1.72 bits per heavy atom. The summed E-state index contributed by atoms with van der Waals surface area (Å²) in [6.45, 7) is 4.35. The average Bonchev–Trinajstić information content (AvgIpc) is 3.04. The van der Waals surface area contributed by atoms with Crippen LogP contribution in [-0.4, -0.2) is 17.9 Å². The van der Waals surface area contributed by atoms with Gasteiger partial charge in [0.1, 0.15) is 5.82 Å². The fourth-order valence-corrected chi connectivity index (χ4v) is 3.28. The van der Waals surface area contributed by atoms with Crippen molar-refractivity contribution >= 4 is 17.6 Å². The van der Waals surface area contributed by atoms with Gasteiger partial charge < -0.3 is 0 Å². The third kappa shape index (κ3) is 3.94. The van der Waals surface area contributed by atoms with Crippen LogP contribution in [0.25, 0.3) is 11.3 Å². The smallest absolute Gasteiger partial charge is 0.205 e. The van der Waals surface area contributed by atoms with Gasteiger partial charge >= 0.3 is 0 Å². The van der Waals surface area contributed by atoms with Crippen molar-refractivity contribution in [2.45, 2.75) is 19.8 Å². The SMILES string of the molecule is CN=c1scc(-c2ccc(F)cc2)n1/N=C\c1ccc(C(C)C)cc1. The van der Waals surface area contributed by atoms with Crippen molar-refractivity contribution in [1.82, 2.24) is 4.68 Å². The van der Waals surface area contributed by atoms with E-state index in [1.807, 2.05) is 11.6 Å². The van der Waals surface area contributed by atoms with Crippen LogP contribution in [0.3, 0.4) is 0 Å². The van der Waals surface area contributed by atoms with Crippen molar-refractivity contribution < 1.29 is 4.39 Å². The molecule has 3 nitrogen and oxygen atoms in total. The van der Waals surface area contributed by atoms with E-state index in [-0.39, 0.29) is 5.82 Å². The van der Waals surface area contributed by atoms with Crippen molar-refractivity contribution in [1.29, 1.82) is 0 Å². The largest absolute Gasteiger partial charge is 0.261 e. The van der Waals surface area contributed by atoms with Crippen LogP contribution in [0.2, 0.25) is 0 Å². The predicted molar refractivity (Wildman–Crippen MR) is 103 cm³/mol. The van der Waals surface area contributed by atoms with Gasteiger partial charge in [0.2, 0.25) is 4.80 Å². The van der Waals surface area contributed by atoms with Gasteiger partial charge in [0.25, 0.3) is 0 Å². The molecule has 3 aromatic rings. The van der Waals surface area contributed by atoms with E-state index in [4.69, 9.17) is 0 Å². The first-order valence-electron chi connectivity index (χ1n) is 8.12. The van der Waals surface area contributed by atoms with Gasteiger partial charge in [-0.15, -0.1) is 11.3 Å². The maximum Gasteiger partial charge on any atom is 0.205 e. The molecule has 0 unspecified atom stereocenters. The summed E-state index contributed by atoms with van der Waals surface area (Å²) >= 11 is 1.51. The standard InChI is InChI=1S/C20H20FN3S/c1-14(2)16-6-4-15(5-7-16)12-23-24-19(13-25-20(24)22-3)17-8-10-18(21)11-9-17/h4-14H,1-3H3/b22-20?,23-12-. The van der Waals surface area contributed by atoms with E-state index in [0.717, 1.165) is 21.6 Å². The fraction of sp³-hybridized carbons (Fsp3) is 0.200. The lowest BCUT2D eigenvalue weighted by molar-refractivity contribution is 0.628. The number of hydrogen-bond acceptors (Lipinski definition) is 3. The zero-order valence-corrected chi connectivity index (χ0v) is 15.3. The van der Waals surface area contributed by atoms with E-state index in [1.54, 1.807) is 23.9 Å². The minimum Gasteiger partial charge on any atom is -0.261 e. The minimum atomic E-state index is -0.250. The van der Waals surface area contributed by atoms with Crippen molar-refractivity contribution in [3.63, 3.8) is 0 Å². The summed E-state index contributed by atoms with van der Waals surface area (Å²) in [5.74, 6) is 0.257. The lowest BCUT2D eigenvalue weighted by Gasteiger charge is -2.05. The van der Waals surface area contributed by atoms with Crippen molar-refractivity contribution in [2.24, 2.45) is 10.1 Å². The Balaban J connectivity index is 1.96. The molecule has 1 heterocycles. The highest BCUT2D eigenvalue weighted by Gasteiger charge is 2.07. The number of nitrogens with zero attached hydrogens (tertiary/aromatic N) is 3. The minimum absolute atomic E-state index is 0.250. The third-order valence-electron chi connectivity index (χ3n) is 3.94. The summed E-state index contributed by atoms with van der Waals surface area (Å²) in [7, 11) is 1.74. The number of rotatable bonds is 4. The second-order valence-corrected chi connectivity index (χ2v) is 6.85. The molecule has 0 saturated heterocycles. The van der Waals surface area contributed by atoms with E-state index in [9.17, 15) is 4.39 Å². The molecule has 0 amide bonds. The van der Waals surface area contributed by atoms with Gasteiger partial charge in [0, 0.05) is 18.0 Å². The number of hydrogen-bond donors (Lipinski definition) is 0. The highest BCUT2D eigenvalue weighted by Crippen LogP contribution is 2.20. The molecule has 0 aliphatic heterocycles. The van der Waals surface area contributed by atoms with E-state index in [1.165, 1.54) is 29.0 Å². The van der Waals surface area contributed by atoms with Gasteiger partial charge in [-0.05, 0) is 41.3 Å². The molecule has 0 aliphatic rings. The second kappa shape index (κ2) is 7.57. The highest BCUT2D eigenvalue weighted by molar-refractivity contribution is 7.07. The molecule has 3 rings (SSSR count). The molecule has 2 aromatic carbocycles. The molecule has 25 heavy (non-hydrogen) atoms. The van der Waals surface area contributed by atoms with E-state index < -0.39 is 0 Å². The van der Waals surface area contributed by atoms with E-state index >= 15 is 0 Å². The second-order valence-electron chi connectivity index (χ2n) is 6.01. The van der Waals surface area contributed by atoms with Gasteiger partial charge in [-0.2, -0.15) is 5.10 Å². The predicted octanol–water partition coefficient (Wildman–Crippen LogP) is 4.89. The number of benzene rings is 2. The Bertz CT molecular complexity index is 932. The molecule has 0 aliphatic carbocycles. The molecule has 0 spiro atoms. The molecule has 0 N–H and O–H groups in total. The maximum atomic E-state index is 13.2.